The van der Waals surface area contributed by atoms with Gasteiger partial charge in [-0.3, -0.25) is 4.79 Å². The van der Waals surface area contributed by atoms with Crippen LogP contribution in [-0.2, 0) is 14.8 Å². The van der Waals surface area contributed by atoms with Crippen LogP contribution >= 0.6 is 0 Å². The first-order valence-corrected chi connectivity index (χ1v) is 10.1. The summed E-state index contributed by atoms with van der Waals surface area (Å²) in [6.45, 7) is 0.765. The summed E-state index contributed by atoms with van der Waals surface area (Å²) in [5, 5.41) is 2.86. The Morgan fingerprint density at radius 1 is 1.35 bits per heavy atom. The number of fused-ring (bicyclic) bond motifs is 1. The summed E-state index contributed by atoms with van der Waals surface area (Å²) in [6.07, 6.45) is 4.41. The number of nitrogens with one attached hydrogen (secondary N) is 1. The molecule has 0 fully saturated rings. The summed E-state index contributed by atoms with van der Waals surface area (Å²) < 4.78 is 35.5. The number of amides is 1. The fourth-order valence-electron chi connectivity index (χ4n) is 3.08. The van der Waals surface area contributed by atoms with Crippen molar-refractivity contribution in [2.45, 2.75) is 12.1 Å². The molecule has 2 heterocycles. The Bertz CT molecular complexity index is 822. The minimum Gasteiger partial charge on any atom is -0.454 e. The van der Waals surface area contributed by atoms with Crippen LogP contribution < -0.4 is 14.8 Å². The van der Waals surface area contributed by atoms with Crippen molar-refractivity contribution in [2.75, 3.05) is 40.2 Å². The molecule has 3 rings (SSSR count). The molecule has 2 atom stereocenters. The maximum Gasteiger partial charge on any atom is 0.242 e. The lowest BCUT2D eigenvalue weighted by Crippen LogP contribution is -2.47. The highest BCUT2D eigenvalue weighted by Crippen LogP contribution is 2.35. The molecule has 2 aliphatic rings. The lowest BCUT2D eigenvalue weighted by atomic mass is 10.0. The van der Waals surface area contributed by atoms with E-state index in [-0.39, 0.29) is 25.3 Å². The Morgan fingerprint density at radius 2 is 2.08 bits per heavy atom. The molecule has 0 aromatic heterocycles. The quantitative estimate of drug-likeness (QED) is 0.715. The SMILES string of the molecule is CN(C)[C@@H](CNC(=O)[C@H]1C=CCN1S(C)(=O)=O)c1ccc2c(c1)OCO2. The van der Waals surface area contributed by atoms with E-state index in [4.69, 9.17) is 9.47 Å². The van der Waals surface area contributed by atoms with Crippen LogP contribution in [0.15, 0.2) is 30.4 Å². The topological polar surface area (TPSA) is 88.2 Å². The second-order valence-electron chi connectivity index (χ2n) is 6.54. The van der Waals surface area contributed by atoms with Gasteiger partial charge in [-0.15, -0.1) is 0 Å². The van der Waals surface area contributed by atoms with Crippen molar-refractivity contribution in [3.8, 4) is 11.5 Å². The van der Waals surface area contributed by atoms with Crippen LogP contribution in [0.2, 0.25) is 0 Å². The van der Waals surface area contributed by atoms with E-state index in [1.54, 1.807) is 12.2 Å². The highest BCUT2D eigenvalue weighted by molar-refractivity contribution is 7.88. The van der Waals surface area contributed by atoms with Gasteiger partial charge in [-0.05, 0) is 31.8 Å². The average molecular weight is 381 g/mol. The van der Waals surface area contributed by atoms with E-state index in [0.29, 0.717) is 18.0 Å². The van der Waals surface area contributed by atoms with Crippen molar-refractivity contribution in [1.29, 1.82) is 0 Å². The predicted octanol–water partition coefficient (Wildman–Crippen LogP) is 0.334. The zero-order valence-electron chi connectivity index (χ0n) is 15.0. The number of hydrogen-bond acceptors (Lipinski definition) is 6. The van der Waals surface area contributed by atoms with Crippen LogP contribution in [-0.4, -0.2) is 69.8 Å². The Balaban J connectivity index is 1.69. The highest BCUT2D eigenvalue weighted by Gasteiger charge is 2.33. The second-order valence-corrected chi connectivity index (χ2v) is 8.48. The van der Waals surface area contributed by atoms with Crippen molar-refractivity contribution in [3.05, 3.63) is 35.9 Å². The smallest absolute Gasteiger partial charge is 0.242 e. The van der Waals surface area contributed by atoms with Gasteiger partial charge in [0.2, 0.25) is 22.7 Å². The second kappa shape index (κ2) is 7.26. The normalized spacial score (nSPS) is 20.5. The predicted molar refractivity (Wildman–Crippen MR) is 96.5 cm³/mol. The number of rotatable bonds is 6. The number of carbonyl (C=O) groups excluding carboxylic acids is 1. The summed E-state index contributed by atoms with van der Waals surface area (Å²) in [5.74, 6) is 1.05. The third-order valence-corrected chi connectivity index (χ3v) is 5.71. The van der Waals surface area contributed by atoms with Crippen LogP contribution in [0.5, 0.6) is 11.5 Å². The van der Waals surface area contributed by atoms with Crippen molar-refractivity contribution in [3.63, 3.8) is 0 Å². The van der Waals surface area contributed by atoms with E-state index in [1.165, 1.54) is 4.31 Å². The number of sulfonamides is 1. The third kappa shape index (κ3) is 3.84. The summed E-state index contributed by atoms with van der Waals surface area (Å²) in [7, 11) is 0.391. The Morgan fingerprint density at radius 3 is 2.77 bits per heavy atom. The molecule has 0 radical (unpaired) electrons. The summed E-state index contributed by atoms with van der Waals surface area (Å²) >= 11 is 0. The first-order chi connectivity index (χ1) is 12.3. The summed E-state index contributed by atoms with van der Waals surface area (Å²) in [4.78, 5) is 14.5. The summed E-state index contributed by atoms with van der Waals surface area (Å²) in [6, 6.07) is 4.79. The van der Waals surface area contributed by atoms with Gasteiger partial charge in [-0.1, -0.05) is 18.2 Å². The molecule has 0 unspecified atom stereocenters. The molecule has 2 aliphatic heterocycles. The zero-order chi connectivity index (χ0) is 18.9. The highest BCUT2D eigenvalue weighted by atomic mass is 32.2. The lowest BCUT2D eigenvalue weighted by Gasteiger charge is -2.27. The molecule has 0 saturated carbocycles. The van der Waals surface area contributed by atoms with E-state index in [2.05, 4.69) is 5.32 Å². The first-order valence-electron chi connectivity index (χ1n) is 8.24. The van der Waals surface area contributed by atoms with Gasteiger partial charge in [0.15, 0.2) is 11.5 Å². The molecule has 1 N–H and O–H groups in total. The number of carbonyl (C=O) groups is 1. The number of likely N-dealkylation sites (N-methyl/N-ethyl adjacent to an activating group) is 1. The Labute approximate surface area is 153 Å². The molecule has 1 aromatic rings. The molecule has 8 nitrogen and oxygen atoms in total. The first kappa shape index (κ1) is 18.7. The van der Waals surface area contributed by atoms with E-state index in [0.717, 1.165) is 11.8 Å². The third-order valence-electron chi connectivity index (χ3n) is 4.48. The minimum absolute atomic E-state index is 0.0921. The van der Waals surface area contributed by atoms with Crippen LogP contribution in [0.3, 0.4) is 0 Å². The van der Waals surface area contributed by atoms with Gasteiger partial charge in [0, 0.05) is 13.1 Å². The fourth-order valence-corrected chi connectivity index (χ4v) is 4.02. The molecule has 1 amide bonds. The van der Waals surface area contributed by atoms with Gasteiger partial charge in [-0.2, -0.15) is 4.31 Å². The molecular formula is C17H23N3O5S. The maximum atomic E-state index is 12.5. The zero-order valence-corrected chi connectivity index (χ0v) is 15.8. The van der Waals surface area contributed by atoms with E-state index < -0.39 is 16.1 Å². The van der Waals surface area contributed by atoms with Gasteiger partial charge >= 0.3 is 0 Å². The fraction of sp³-hybridized carbons (Fsp3) is 0.471. The van der Waals surface area contributed by atoms with Gasteiger partial charge in [0.1, 0.15) is 6.04 Å². The molecule has 0 bridgehead atoms. The van der Waals surface area contributed by atoms with E-state index in [9.17, 15) is 13.2 Å². The van der Waals surface area contributed by atoms with Crippen LogP contribution in [0.4, 0.5) is 0 Å². The maximum absolute atomic E-state index is 12.5. The molecule has 9 heteroatoms. The molecule has 0 aliphatic carbocycles. The average Bonchev–Trinajstić information content (AvgIpc) is 3.22. The molecule has 1 aromatic carbocycles. The van der Waals surface area contributed by atoms with Crippen molar-refractivity contribution >= 4 is 15.9 Å². The molecule has 0 saturated heterocycles. The number of ether oxygens (including phenoxy) is 2. The molecule has 26 heavy (non-hydrogen) atoms. The summed E-state index contributed by atoms with van der Waals surface area (Å²) in [5.41, 5.74) is 0.974. The van der Waals surface area contributed by atoms with Gasteiger partial charge in [0.25, 0.3) is 0 Å². The number of benzene rings is 1. The standard InChI is InChI=1S/C17H23N3O5S/c1-19(2)14(12-6-7-15-16(9-12)25-11-24-15)10-18-17(21)13-5-4-8-20(13)26(3,22)23/h4-7,9,13-14H,8,10-11H2,1-3H3,(H,18,21)/t13-,14+/m1/s1. The van der Waals surface area contributed by atoms with E-state index in [1.807, 2.05) is 37.2 Å². The van der Waals surface area contributed by atoms with Crippen molar-refractivity contribution in [1.82, 2.24) is 14.5 Å². The Kier molecular flexibility index (Phi) is 5.22. The van der Waals surface area contributed by atoms with Crippen LogP contribution in [0, 0.1) is 0 Å². The molecule has 0 spiro atoms. The molecular weight excluding hydrogens is 358 g/mol. The largest absolute Gasteiger partial charge is 0.454 e. The lowest BCUT2D eigenvalue weighted by molar-refractivity contribution is -0.123. The number of nitrogens with zero attached hydrogens (tertiary/aromatic N) is 2. The van der Waals surface area contributed by atoms with Gasteiger partial charge in [-0.25, -0.2) is 8.42 Å². The van der Waals surface area contributed by atoms with Crippen molar-refractivity contribution < 1.29 is 22.7 Å². The van der Waals surface area contributed by atoms with Crippen LogP contribution in [0.1, 0.15) is 11.6 Å². The van der Waals surface area contributed by atoms with Crippen LogP contribution in [0.25, 0.3) is 0 Å². The van der Waals surface area contributed by atoms with E-state index >= 15 is 0 Å². The Hall–Kier alpha value is -2.10. The van der Waals surface area contributed by atoms with Gasteiger partial charge < -0.3 is 19.7 Å². The van der Waals surface area contributed by atoms with Crippen molar-refractivity contribution in [2.24, 2.45) is 0 Å². The molecule has 142 valence electrons. The van der Waals surface area contributed by atoms with Gasteiger partial charge in [0.05, 0.1) is 12.3 Å². The monoisotopic (exact) mass is 381 g/mol. The number of hydrogen-bond donors (Lipinski definition) is 1. The minimum atomic E-state index is -3.44.